The monoisotopic (exact) mass is 188 g/mol. The fourth-order valence-electron chi connectivity index (χ4n) is 1.30. The van der Waals surface area contributed by atoms with Gasteiger partial charge in [-0.15, -0.1) is 0 Å². The van der Waals surface area contributed by atoms with E-state index in [0.717, 1.165) is 4.90 Å². The predicted molar refractivity (Wildman–Crippen MR) is 43.6 cm³/mol. The van der Waals surface area contributed by atoms with Crippen LogP contribution in [0.5, 0.6) is 0 Å². The van der Waals surface area contributed by atoms with Crippen LogP contribution in [-0.4, -0.2) is 52.3 Å². The van der Waals surface area contributed by atoms with Gasteiger partial charge < -0.3 is 20.4 Å². The number of carboxylic acids is 1. The van der Waals surface area contributed by atoms with E-state index in [-0.39, 0.29) is 12.6 Å². The Labute approximate surface area is 75.1 Å². The van der Waals surface area contributed by atoms with Crippen LogP contribution >= 0.6 is 0 Å². The molecule has 0 aromatic heterocycles. The number of aliphatic carboxylic acids is 1. The molecule has 0 saturated carbocycles. The zero-order valence-corrected chi connectivity index (χ0v) is 7.23. The van der Waals surface area contributed by atoms with E-state index in [0.29, 0.717) is 6.54 Å². The largest absolute Gasteiger partial charge is 0.480 e. The van der Waals surface area contributed by atoms with Gasteiger partial charge >= 0.3 is 12.1 Å². The van der Waals surface area contributed by atoms with Gasteiger partial charge in [0.15, 0.2) is 0 Å². The summed E-state index contributed by atoms with van der Waals surface area (Å²) in [6, 6.07) is -0.958. The molecule has 6 heteroatoms. The SMILES string of the molecule is C[C@@H]1CNC(C(=O)O)CN1C(=O)O. The molecule has 3 N–H and O–H groups in total. The first-order valence-corrected chi connectivity index (χ1v) is 3.98. The minimum absolute atomic E-state index is 0.00579. The van der Waals surface area contributed by atoms with Gasteiger partial charge in [-0.3, -0.25) is 4.79 Å². The Morgan fingerprint density at radius 1 is 1.46 bits per heavy atom. The second-order valence-corrected chi connectivity index (χ2v) is 3.08. The van der Waals surface area contributed by atoms with Crippen molar-refractivity contribution in [1.29, 1.82) is 0 Å². The summed E-state index contributed by atoms with van der Waals surface area (Å²) in [5.74, 6) is -1.02. The lowest BCUT2D eigenvalue weighted by Gasteiger charge is -2.34. The van der Waals surface area contributed by atoms with Crippen LogP contribution in [0.4, 0.5) is 4.79 Å². The molecular weight excluding hydrogens is 176 g/mol. The van der Waals surface area contributed by atoms with Gasteiger partial charge in [-0.25, -0.2) is 4.79 Å². The van der Waals surface area contributed by atoms with E-state index in [9.17, 15) is 9.59 Å². The second kappa shape index (κ2) is 3.61. The third-order valence-electron chi connectivity index (χ3n) is 2.11. The van der Waals surface area contributed by atoms with Gasteiger partial charge in [-0.1, -0.05) is 0 Å². The third-order valence-corrected chi connectivity index (χ3v) is 2.11. The molecule has 1 aliphatic rings. The van der Waals surface area contributed by atoms with Gasteiger partial charge in [0.2, 0.25) is 0 Å². The fraction of sp³-hybridized carbons (Fsp3) is 0.714. The van der Waals surface area contributed by atoms with Crippen LogP contribution in [0, 0.1) is 0 Å². The van der Waals surface area contributed by atoms with E-state index in [4.69, 9.17) is 10.2 Å². The molecule has 0 aromatic carbocycles. The van der Waals surface area contributed by atoms with E-state index in [1.165, 1.54) is 0 Å². The number of rotatable bonds is 1. The molecule has 0 aromatic rings. The highest BCUT2D eigenvalue weighted by atomic mass is 16.4. The Bertz CT molecular complexity index is 231. The van der Waals surface area contributed by atoms with Gasteiger partial charge in [0.05, 0.1) is 6.54 Å². The summed E-state index contributed by atoms with van der Waals surface area (Å²) >= 11 is 0. The standard InChI is InChI=1S/C7H12N2O4/c1-4-2-8-5(6(10)11)3-9(4)7(12)13/h4-5,8H,2-3H2,1H3,(H,10,11)(H,12,13)/t4-,5?/m1/s1. The van der Waals surface area contributed by atoms with Gasteiger partial charge in [-0.05, 0) is 6.92 Å². The van der Waals surface area contributed by atoms with Crippen LogP contribution in [0.3, 0.4) is 0 Å². The summed E-state index contributed by atoms with van der Waals surface area (Å²) in [5.41, 5.74) is 0. The summed E-state index contributed by atoms with van der Waals surface area (Å²) in [6.45, 7) is 2.12. The van der Waals surface area contributed by atoms with E-state index in [2.05, 4.69) is 5.32 Å². The first-order chi connectivity index (χ1) is 6.02. The van der Waals surface area contributed by atoms with Crippen molar-refractivity contribution in [2.75, 3.05) is 13.1 Å². The van der Waals surface area contributed by atoms with Gasteiger partial charge in [0.25, 0.3) is 0 Å². The van der Waals surface area contributed by atoms with E-state index in [1.807, 2.05) is 0 Å². The second-order valence-electron chi connectivity index (χ2n) is 3.08. The van der Waals surface area contributed by atoms with E-state index >= 15 is 0 Å². The minimum atomic E-state index is -1.07. The van der Waals surface area contributed by atoms with Crippen molar-refractivity contribution in [3.05, 3.63) is 0 Å². The van der Waals surface area contributed by atoms with Crippen molar-refractivity contribution in [2.45, 2.75) is 19.0 Å². The average molecular weight is 188 g/mol. The quantitative estimate of drug-likeness (QED) is 0.511. The van der Waals surface area contributed by atoms with Crippen molar-refractivity contribution in [2.24, 2.45) is 0 Å². The number of hydrogen-bond acceptors (Lipinski definition) is 3. The lowest BCUT2D eigenvalue weighted by Crippen LogP contribution is -2.59. The van der Waals surface area contributed by atoms with Gasteiger partial charge in [0.1, 0.15) is 6.04 Å². The molecule has 1 amide bonds. The number of carbonyl (C=O) groups is 2. The van der Waals surface area contributed by atoms with E-state index in [1.54, 1.807) is 6.92 Å². The van der Waals surface area contributed by atoms with Crippen LogP contribution in [0.15, 0.2) is 0 Å². The number of piperazine rings is 1. The summed E-state index contributed by atoms with van der Waals surface area (Å²) in [4.78, 5) is 22.3. The molecule has 13 heavy (non-hydrogen) atoms. The van der Waals surface area contributed by atoms with Crippen molar-refractivity contribution in [3.63, 3.8) is 0 Å². The predicted octanol–water partition coefficient (Wildman–Crippen LogP) is -0.589. The molecule has 1 aliphatic heterocycles. The molecule has 0 spiro atoms. The third kappa shape index (κ3) is 2.09. The zero-order chi connectivity index (χ0) is 10.0. The highest BCUT2D eigenvalue weighted by Crippen LogP contribution is 2.06. The van der Waals surface area contributed by atoms with Crippen LogP contribution < -0.4 is 5.32 Å². The Morgan fingerprint density at radius 3 is 2.54 bits per heavy atom. The van der Waals surface area contributed by atoms with Crippen LogP contribution in [0.2, 0.25) is 0 Å². The van der Waals surface area contributed by atoms with Crippen molar-refractivity contribution in [1.82, 2.24) is 10.2 Å². The molecule has 2 atom stereocenters. The summed E-state index contributed by atoms with van der Waals surface area (Å²) in [5, 5.41) is 20.1. The number of amides is 1. The molecule has 1 saturated heterocycles. The Morgan fingerprint density at radius 2 is 2.08 bits per heavy atom. The number of nitrogens with one attached hydrogen (secondary N) is 1. The Hall–Kier alpha value is -1.30. The normalized spacial score (nSPS) is 28.5. The molecule has 1 heterocycles. The Balaban J connectivity index is 2.63. The van der Waals surface area contributed by atoms with Crippen LogP contribution in [-0.2, 0) is 4.79 Å². The van der Waals surface area contributed by atoms with Crippen molar-refractivity contribution >= 4 is 12.1 Å². The highest BCUT2D eigenvalue weighted by molar-refractivity contribution is 5.75. The molecule has 1 unspecified atom stereocenters. The molecule has 0 bridgehead atoms. The Kier molecular flexibility index (Phi) is 2.72. The van der Waals surface area contributed by atoms with Crippen molar-refractivity contribution < 1.29 is 19.8 Å². The molecule has 6 nitrogen and oxygen atoms in total. The lowest BCUT2D eigenvalue weighted by molar-refractivity contribution is -0.140. The topological polar surface area (TPSA) is 89.9 Å². The molecule has 0 aliphatic carbocycles. The number of nitrogens with zero attached hydrogens (tertiary/aromatic N) is 1. The molecule has 1 rings (SSSR count). The smallest absolute Gasteiger partial charge is 0.407 e. The van der Waals surface area contributed by atoms with Gasteiger partial charge in [-0.2, -0.15) is 0 Å². The summed E-state index contributed by atoms with van der Waals surface area (Å²) in [6.07, 6.45) is -1.07. The van der Waals surface area contributed by atoms with Crippen LogP contribution in [0.1, 0.15) is 6.92 Å². The maximum Gasteiger partial charge on any atom is 0.407 e. The first kappa shape index (κ1) is 9.79. The lowest BCUT2D eigenvalue weighted by atomic mass is 10.1. The highest BCUT2D eigenvalue weighted by Gasteiger charge is 2.31. The number of hydrogen-bond donors (Lipinski definition) is 3. The molecule has 74 valence electrons. The maximum atomic E-state index is 10.6. The van der Waals surface area contributed by atoms with Crippen molar-refractivity contribution in [3.8, 4) is 0 Å². The maximum absolute atomic E-state index is 10.6. The van der Waals surface area contributed by atoms with E-state index < -0.39 is 18.1 Å². The summed E-state index contributed by atoms with van der Waals surface area (Å²) < 4.78 is 0. The molecular formula is C7H12N2O4. The fourth-order valence-corrected chi connectivity index (χ4v) is 1.30. The van der Waals surface area contributed by atoms with Gasteiger partial charge in [0, 0.05) is 12.6 Å². The minimum Gasteiger partial charge on any atom is -0.480 e. The number of carboxylic acid groups (broad SMARTS) is 2. The zero-order valence-electron chi connectivity index (χ0n) is 7.23. The van der Waals surface area contributed by atoms with Crippen LogP contribution in [0.25, 0.3) is 0 Å². The first-order valence-electron chi connectivity index (χ1n) is 3.98. The molecule has 0 radical (unpaired) electrons. The average Bonchev–Trinajstić information content (AvgIpc) is 2.04. The summed E-state index contributed by atoms with van der Waals surface area (Å²) in [7, 11) is 0. The molecule has 1 fully saturated rings.